The summed E-state index contributed by atoms with van der Waals surface area (Å²) in [5.74, 6) is -0.232. The predicted molar refractivity (Wildman–Crippen MR) is 246 cm³/mol. The van der Waals surface area contributed by atoms with E-state index in [0.717, 1.165) is 77.0 Å². The number of ether oxygens (including phenoxy) is 2. The molecule has 0 bridgehead atoms. The van der Waals surface area contributed by atoms with Crippen LogP contribution in [0.15, 0.2) is 85.1 Å². The summed E-state index contributed by atoms with van der Waals surface area (Å²) in [5, 5.41) is 9.63. The van der Waals surface area contributed by atoms with Gasteiger partial charge < -0.3 is 14.6 Å². The van der Waals surface area contributed by atoms with Crippen LogP contribution in [-0.2, 0) is 14.3 Å². The van der Waals surface area contributed by atoms with Gasteiger partial charge in [-0.25, -0.2) is 0 Å². The van der Waals surface area contributed by atoms with Crippen molar-refractivity contribution in [1.82, 2.24) is 0 Å². The van der Waals surface area contributed by atoms with Crippen molar-refractivity contribution in [3.8, 4) is 0 Å². The quantitative estimate of drug-likeness (QED) is 0.0380. The van der Waals surface area contributed by atoms with Crippen molar-refractivity contribution in [3.05, 3.63) is 85.1 Å². The molecule has 0 rings (SSSR count). The molecule has 0 spiro atoms. The number of aliphatic hydroxyl groups excluding tert-OH is 1. The minimum absolute atomic E-state index is 0.188. The number of carbonyl (C=O) groups excluding carboxylic acids is 1. The molecule has 0 radical (unpaired) electrons. The van der Waals surface area contributed by atoms with Crippen molar-refractivity contribution >= 4 is 5.97 Å². The summed E-state index contributed by atoms with van der Waals surface area (Å²) in [6, 6.07) is 0. The van der Waals surface area contributed by atoms with E-state index in [0.29, 0.717) is 13.0 Å². The van der Waals surface area contributed by atoms with E-state index in [4.69, 9.17) is 9.47 Å². The standard InChI is InChI=1S/C52H90O4/c1-3-5-7-9-11-13-15-17-19-21-23-24-25-26-27-28-29-31-33-35-37-39-41-43-45-47-52(54)56-51(49-53)50-55-48-46-44-42-40-38-36-34-32-30-22-20-18-16-14-12-10-8-6-4-2/h5,7,11,13,17,19,23-24,26-27,29,31,35,37,51,53H,3-4,6,8-10,12,14-16,18,20-22,25,28,30,32-34,36,38-50H2,1-2H3/b7-5-,13-11-,19-17-,24-23-,27-26-,31-29-,37-35-. The minimum Gasteiger partial charge on any atom is -0.457 e. The van der Waals surface area contributed by atoms with Crippen LogP contribution in [0.4, 0.5) is 0 Å². The first-order valence-corrected chi connectivity index (χ1v) is 23.7. The van der Waals surface area contributed by atoms with E-state index < -0.39 is 6.10 Å². The van der Waals surface area contributed by atoms with Gasteiger partial charge in [0.15, 0.2) is 0 Å². The third-order valence-corrected chi connectivity index (χ3v) is 9.98. The average molecular weight is 779 g/mol. The molecule has 4 heteroatoms. The molecule has 0 aliphatic rings. The second-order valence-electron chi connectivity index (χ2n) is 15.5. The molecule has 4 nitrogen and oxygen atoms in total. The Kier molecular flexibility index (Phi) is 46.6. The van der Waals surface area contributed by atoms with Crippen LogP contribution >= 0.6 is 0 Å². The van der Waals surface area contributed by atoms with Crippen molar-refractivity contribution in [2.24, 2.45) is 0 Å². The molecule has 0 saturated carbocycles. The molecule has 1 N–H and O–H groups in total. The molecule has 0 saturated heterocycles. The fourth-order valence-corrected chi connectivity index (χ4v) is 6.49. The fourth-order valence-electron chi connectivity index (χ4n) is 6.49. The Bertz CT molecular complexity index is 1000. The number of esters is 1. The Morgan fingerprint density at radius 2 is 0.804 bits per heavy atom. The first-order chi connectivity index (χ1) is 27.7. The largest absolute Gasteiger partial charge is 0.457 e. The van der Waals surface area contributed by atoms with Gasteiger partial charge in [-0.15, -0.1) is 0 Å². The van der Waals surface area contributed by atoms with E-state index in [1.807, 2.05) is 0 Å². The fraction of sp³-hybridized carbons (Fsp3) is 0.712. The zero-order chi connectivity index (χ0) is 40.5. The summed E-state index contributed by atoms with van der Waals surface area (Å²) in [4.78, 5) is 12.2. The Morgan fingerprint density at radius 1 is 0.446 bits per heavy atom. The molecular formula is C52H90O4. The topological polar surface area (TPSA) is 55.8 Å². The van der Waals surface area contributed by atoms with Crippen LogP contribution in [0.5, 0.6) is 0 Å². The van der Waals surface area contributed by atoms with Crippen LogP contribution in [0.3, 0.4) is 0 Å². The van der Waals surface area contributed by atoms with E-state index in [1.54, 1.807) is 0 Å². The molecule has 0 aromatic heterocycles. The zero-order valence-corrected chi connectivity index (χ0v) is 36.9. The lowest BCUT2D eigenvalue weighted by atomic mass is 10.0. The second kappa shape index (κ2) is 48.7. The minimum atomic E-state index is -0.556. The number of unbranched alkanes of at least 4 members (excludes halogenated alkanes) is 21. The number of carbonyl (C=O) groups is 1. The highest BCUT2D eigenvalue weighted by Gasteiger charge is 2.13. The molecule has 0 fully saturated rings. The van der Waals surface area contributed by atoms with Gasteiger partial charge in [0.2, 0.25) is 0 Å². The zero-order valence-electron chi connectivity index (χ0n) is 36.9. The maximum Gasteiger partial charge on any atom is 0.306 e. The molecule has 0 heterocycles. The maximum atomic E-state index is 12.2. The van der Waals surface area contributed by atoms with E-state index in [-0.39, 0.29) is 19.2 Å². The number of hydrogen-bond donors (Lipinski definition) is 1. The molecule has 56 heavy (non-hydrogen) atoms. The van der Waals surface area contributed by atoms with E-state index in [9.17, 15) is 9.90 Å². The SMILES string of the molecule is CC/C=C\C/C=C\C/C=C\C/C=C\C/C=C\C/C=C\C/C=C\CCCCCC(=O)OC(CO)COCCCCCCCCCCCCCCCCCCCCC. The number of allylic oxidation sites excluding steroid dienone is 14. The van der Waals surface area contributed by atoms with E-state index in [1.165, 1.54) is 116 Å². The third kappa shape index (κ3) is 46.0. The Labute approximate surface area is 348 Å². The van der Waals surface area contributed by atoms with Crippen LogP contribution in [0.25, 0.3) is 0 Å². The summed E-state index contributed by atoms with van der Waals surface area (Å²) < 4.78 is 11.2. The van der Waals surface area contributed by atoms with Crippen LogP contribution < -0.4 is 0 Å². The Morgan fingerprint density at radius 3 is 1.20 bits per heavy atom. The third-order valence-electron chi connectivity index (χ3n) is 9.98. The first-order valence-electron chi connectivity index (χ1n) is 23.7. The number of aliphatic hydroxyl groups is 1. The molecule has 0 aromatic rings. The van der Waals surface area contributed by atoms with Gasteiger partial charge in [0, 0.05) is 13.0 Å². The van der Waals surface area contributed by atoms with Crippen molar-refractivity contribution in [3.63, 3.8) is 0 Å². The number of rotatable bonds is 43. The summed E-state index contributed by atoms with van der Waals surface area (Å²) >= 11 is 0. The lowest BCUT2D eigenvalue weighted by Gasteiger charge is -2.15. The normalized spacial score (nSPS) is 13.1. The van der Waals surface area contributed by atoms with Crippen molar-refractivity contribution in [2.45, 2.75) is 219 Å². The number of hydrogen-bond acceptors (Lipinski definition) is 4. The molecule has 0 amide bonds. The molecule has 1 atom stereocenters. The van der Waals surface area contributed by atoms with E-state index in [2.05, 4.69) is 98.9 Å². The molecule has 322 valence electrons. The van der Waals surface area contributed by atoms with Crippen molar-refractivity contribution in [1.29, 1.82) is 0 Å². The summed E-state index contributed by atoms with van der Waals surface area (Å²) in [6.45, 7) is 5.21. The van der Waals surface area contributed by atoms with Gasteiger partial charge in [0.25, 0.3) is 0 Å². The van der Waals surface area contributed by atoms with Crippen LogP contribution in [0.2, 0.25) is 0 Å². The first kappa shape index (κ1) is 53.6. The van der Waals surface area contributed by atoms with Crippen LogP contribution in [-0.4, -0.2) is 37.0 Å². The van der Waals surface area contributed by atoms with E-state index >= 15 is 0 Å². The lowest BCUT2D eigenvalue weighted by Crippen LogP contribution is -2.27. The van der Waals surface area contributed by atoms with Gasteiger partial charge in [-0.3, -0.25) is 4.79 Å². The van der Waals surface area contributed by atoms with Gasteiger partial charge in [-0.05, 0) is 70.6 Å². The monoisotopic (exact) mass is 779 g/mol. The van der Waals surface area contributed by atoms with Crippen LogP contribution in [0, 0.1) is 0 Å². The van der Waals surface area contributed by atoms with Gasteiger partial charge in [0.1, 0.15) is 6.10 Å². The Hall–Kier alpha value is -2.43. The van der Waals surface area contributed by atoms with Crippen LogP contribution in [0.1, 0.15) is 213 Å². The summed E-state index contributed by atoms with van der Waals surface area (Å²) in [6.07, 6.45) is 68.0. The summed E-state index contributed by atoms with van der Waals surface area (Å²) in [5.41, 5.74) is 0. The van der Waals surface area contributed by atoms with Gasteiger partial charge in [-0.2, -0.15) is 0 Å². The molecule has 1 unspecified atom stereocenters. The molecule has 0 aliphatic carbocycles. The van der Waals surface area contributed by atoms with Gasteiger partial charge >= 0.3 is 5.97 Å². The highest BCUT2D eigenvalue weighted by molar-refractivity contribution is 5.69. The second-order valence-corrected chi connectivity index (χ2v) is 15.5. The molecule has 0 aromatic carbocycles. The molecule has 0 aliphatic heterocycles. The molecular weight excluding hydrogens is 689 g/mol. The predicted octanol–water partition coefficient (Wildman–Crippen LogP) is 15.9. The maximum absolute atomic E-state index is 12.2. The van der Waals surface area contributed by atoms with Gasteiger partial charge in [-0.1, -0.05) is 221 Å². The Balaban J connectivity index is 3.53. The van der Waals surface area contributed by atoms with Crippen molar-refractivity contribution in [2.75, 3.05) is 19.8 Å². The summed E-state index contributed by atoms with van der Waals surface area (Å²) in [7, 11) is 0. The lowest BCUT2D eigenvalue weighted by molar-refractivity contribution is -0.154. The average Bonchev–Trinajstić information content (AvgIpc) is 3.20. The highest BCUT2D eigenvalue weighted by Crippen LogP contribution is 2.15. The smallest absolute Gasteiger partial charge is 0.306 e. The van der Waals surface area contributed by atoms with Crippen molar-refractivity contribution < 1.29 is 19.4 Å². The highest BCUT2D eigenvalue weighted by atomic mass is 16.6. The van der Waals surface area contributed by atoms with Gasteiger partial charge in [0.05, 0.1) is 13.2 Å².